The molecule has 0 aliphatic carbocycles. The van der Waals surface area contributed by atoms with Crippen molar-refractivity contribution in [1.29, 1.82) is 0 Å². The monoisotopic (exact) mass is 218 g/mol. The predicted molar refractivity (Wildman–Crippen MR) is 53.4 cm³/mol. The smallest absolute Gasteiger partial charge is 0.466 e. The van der Waals surface area contributed by atoms with Gasteiger partial charge < -0.3 is 14.2 Å². The fourth-order valence-electron chi connectivity index (χ4n) is 0.832. The second-order valence-corrected chi connectivity index (χ2v) is 3.17. The Morgan fingerprint density at radius 2 is 1.87 bits per heavy atom. The number of carbonyl (C=O) groups excluding carboxylic acids is 2. The van der Waals surface area contributed by atoms with Gasteiger partial charge in [-0.25, -0.2) is 4.79 Å². The summed E-state index contributed by atoms with van der Waals surface area (Å²) < 4.78 is 14.1. The van der Waals surface area contributed by atoms with Gasteiger partial charge in [-0.05, 0) is 27.2 Å². The average Bonchev–Trinajstić information content (AvgIpc) is 2.12. The van der Waals surface area contributed by atoms with E-state index in [-0.39, 0.29) is 25.1 Å². The van der Waals surface area contributed by atoms with Gasteiger partial charge in [-0.3, -0.25) is 4.79 Å². The Hall–Kier alpha value is -1.26. The summed E-state index contributed by atoms with van der Waals surface area (Å²) in [4.78, 5) is 21.7. The summed E-state index contributed by atoms with van der Waals surface area (Å²) in [6, 6.07) is 0. The maximum atomic E-state index is 10.9. The van der Waals surface area contributed by atoms with Crippen molar-refractivity contribution in [2.24, 2.45) is 0 Å². The Labute approximate surface area is 89.7 Å². The highest BCUT2D eigenvalue weighted by molar-refractivity contribution is 5.69. The summed E-state index contributed by atoms with van der Waals surface area (Å²) in [7, 11) is 0. The van der Waals surface area contributed by atoms with Gasteiger partial charge in [0.25, 0.3) is 0 Å². The fraction of sp³-hybridized carbons (Fsp3) is 0.800. The zero-order valence-corrected chi connectivity index (χ0v) is 9.45. The van der Waals surface area contributed by atoms with Gasteiger partial charge >= 0.3 is 12.1 Å². The molecule has 5 nitrogen and oxygen atoms in total. The first-order chi connectivity index (χ1) is 7.06. The quantitative estimate of drug-likeness (QED) is 0.503. The van der Waals surface area contributed by atoms with E-state index in [1.165, 1.54) is 0 Å². The first-order valence-corrected chi connectivity index (χ1v) is 5.05. The first kappa shape index (κ1) is 13.7. The van der Waals surface area contributed by atoms with E-state index in [1.54, 1.807) is 20.8 Å². The minimum Gasteiger partial charge on any atom is -0.466 e. The van der Waals surface area contributed by atoms with Gasteiger partial charge in [-0.1, -0.05) is 0 Å². The molecule has 0 N–H and O–H groups in total. The van der Waals surface area contributed by atoms with Gasteiger partial charge in [-0.2, -0.15) is 0 Å². The van der Waals surface area contributed by atoms with Crippen molar-refractivity contribution >= 4 is 12.1 Å². The molecule has 0 amide bonds. The molecule has 0 aromatic rings. The van der Waals surface area contributed by atoms with E-state index in [0.29, 0.717) is 13.0 Å². The Bertz CT molecular complexity index is 200. The summed E-state index contributed by atoms with van der Waals surface area (Å²) >= 11 is 0. The van der Waals surface area contributed by atoms with Crippen LogP contribution in [0, 0.1) is 0 Å². The lowest BCUT2D eigenvalue weighted by molar-refractivity contribution is -0.143. The first-order valence-electron chi connectivity index (χ1n) is 5.05. The standard InChI is InChI=1S/C10H18O5/c1-4-13-9(11)6-5-7-14-10(12)15-8(2)3/h8H,4-7H2,1-3H3. The number of esters is 1. The molecule has 0 spiro atoms. The second-order valence-electron chi connectivity index (χ2n) is 3.17. The molecule has 0 saturated carbocycles. The molecule has 0 aliphatic rings. The molecule has 0 unspecified atom stereocenters. The highest BCUT2D eigenvalue weighted by Gasteiger charge is 2.07. The Kier molecular flexibility index (Phi) is 7.40. The summed E-state index contributed by atoms with van der Waals surface area (Å²) in [5, 5.41) is 0. The largest absolute Gasteiger partial charge is 0.508 e. The average molecular weight is 218 g/mol. The van der Waals surface area contributed by atoms with E-state index in [2.05, 4.69) is 0 Å². The molecular formula is C10H18O5. The van der Waals surface area contributed by atoms with Gasteiger partial charge in [0.2, 0.25) is 0 Å². The number of carbonyl (C=O) groups is 2. The number of ether oxygens (including phenoxy) is 3. The van der Waals surface area contributed by atoms with Crippen LogP contribution in [0.1, 0.15) is 33.6 Å². The highest BCUT2D eigenvalue weighted by atomic mass is 16.7. The van der Waals surface area contributed by atoms with Crippen LogP contribution in [0.5, 0.6) is 0 Å². The molecule has 0 saturated heterocycles. The Morgan fingerprint density at radius 3 is 2.40 bits per heavy atom. The zero-order valence-electron chi connectivity index (χ0n) is 9.45. The topological polar surface area (TPSA) is 61.8 Å². The molecule has 0 radical (unpaired) electrons. The van der Waals surface area contributed by atoms with Crippen molar-refractivity contribution in [1.82, 2.24) is 0 Å². The van der Waals surface area contributed by atoms with Gasteiger partial charge in [0.15, 0.2) is 0 Å². The van der Waals surface area contributed by atoms with E-state index in [4.69, 9.17) is 14.2 Å². The molecular weight excluding hydrogens is 200 g/mol. The number of hydrogen-bond acceptors (Lipinski definition) is 5. The van der Waals surface area contributed by atoms with E-state index in [0.717, 1.165) is 0 Å². The Morgan fingerprint density at radius 1 is 1.20 bits per heavy atom. The summed E-state index contributed by atoms with van der Waals surface area (Å²) in [5.74, 6) is -0.279. The minimum atomic E-state index is -0.700. The summed E-state index contributed by atoms with van der Waals surface area (Å²) in [5.41, 5.74) is 0. The third-order valence-corrected chi connectivity index (χ3v) is 1.38. The van der Waals surface area contributed by atoms with E-state index in [9.17, 15) is 9.59 Å². The molecule has 0 atom stereocenters. The minimum absolute atomic E-state index is 0.171. The van der Waals surface area contributed by atoms with Gasteiger partial charge in [-0.15, -0.1) is 0 Å². The van der Waals surface area contributed by atoms with Crippen LogP contribution in [0.3, 0.4) is 0 Å². The molecule has 0 fully saturated rings. The van der Waals surface area contributed by atoms with Crippen LogP contribution in [-0.2, 0) is 19.0 Å². The number of rotatable bonds is 6. The van der Waals surface area contributed by atoms with Crippen LogP contribution in [0.2, 0.25) is 0 Å². The van der Waals surface area contributed by atoms with Crippen LogP contribution in [0.15, 0.2) is 0 Å². The van der Waals surface area contributed by atoms with Crippen LogP contribution in [0.25, 0.3) is 0 Å². The molecule has 0 aromatic carbocycles. The van der Waals surface area contributed by atoms with Crippen LogP contribution < -0.4 is 0 Å². The zero-order chi connectivity index (χ0) is 11.7. The second kappa shape index (κ2) is 8.08. The van der Waals surface area contributed by atoms with Crippen LogP contribution in [0.4, 0.5) is 4.79 Å². The lowest BCUT2D eigenvalue weighted by atomic mass is 10.3. The normalized spacial score (nSPS) is 9.87. The van der Waals surface area contributed by atoms with E-state index >= 15 is 0 Å². The maximum Gasteiger partial charge on any atom is 0.508 e. The van der Waals surface area contributed by atoms with Crippen molar-refractivity contribution in [2.75, 3.05) is 13.2 Å². The van der Waals surface area contributed by atoms with Gasteiger partial charge in [0.05, 0.1) is 19.3 Å². The molecule has 88 valence electrons. The molecule has 5 heteroatoms. The van der Waals surface area contributed by atoms with Crippen molar-refractivity contribution in [2.45, 2.75) is 39.7 Å². The molecule has 0 aliphatic heterocycles. The molecule has 15 heavy (non-hydrogen) atoms. The van der Waals surface area contributed by atoms with E-state index < -0.39 is 6.16 Å². The fourth-order valence-corrected chi connectivity index (χ4v) is 0.832. The molecule has 0 bridgehead atoms. The summed E-state index contributed by atoms with van der Waals surface area (Å²) in [6.07, 6.45) is -0.189. The Balaban J connectivity index is 3.38. The third-order valence-electron chi connectivity index (χ3n) is 1.38. The predicted octanol–water partition coefficient (Wildman–Crippen LogP) is 1.89. The van der Waals surface area contributed by atoms with Crippen molar-refractivity contribution < 1.29 is 23.8 Å². The van der Waals surface area contributed by atoms with Gasteiger partial charge in [0.1, 0.15) is 0 Å². The third kappa shape index (κ3) is 9.05. The van der Waals surface area contributed by atoms with Crippen molar-refractivity contribution in [3.05, 3.63) is 0 Å². The highest BCUT2D eigenvalue weighted by Crippen LogP contribution is 1.97. The molecule has 0 aromatic heterocycles. The molecule has 0 rings (SSSR count). The van der Waals surface area contributed by atoms with E-state index in [1.807, 2.05) is 0 Å². The van der Waals surface area contributed by atoms with Crippen molar-refractivity contribution in [3.8, 4) is 0 Å². The summed E-state index contributed by atoms with van der Waals surface area (Å²) in [6.45, 7) is 5.76. The number of hydrogen-bond donors (Lipinski definition) is 0. The van der Waals surface area contributed by atoms with Crippen LogP contribution >= 0.6 is 0 Å². The van der Waals surface area contributed by atoms with Crippen molar-refractivity contribution in [3.63, 3.8) is 0 Å². The maximum absolute atomic E-state index is 10.9. The van der Waals surface area contributed by atoms with Gasteiger partial charge in [0, 0.05) is 6.42 Å². The lowest BCUT2D eigenvalue weighted by Crippen LogP contribution is -2.14. The SMILES string of the molecule is CCOC(=O)CCCOC(=O)OC(C)C. The van der Waals surface area contributed by atoms with Crippen LogP contribution in [-0.4, -0.2) is 31.4 Å². The lowest BCUT2D eigenvalue weighted by Gasteiger charge is -2.08. The molecule has 0 heterocycles.